The highest BCUT2D eigenvalue weighted by molar-refractivity contribution is 6.33. The molecular weight excluding hydrogens is 267 g/mol. The molecule has 2 aromatic rings. The van der Waals surface area contributed by atoms with E-state index in [1.807, 2.05) is 30.3 Å². The van der Waals surface area contributed by atoms with Gasteiger partial charge in [0.15, 0.2) is 0 Å². The Morgan fingerprint density at radius 3 is 2.58 bits per heavy atom. The van der Waals surface area contributed by atoms with Crippen molar-refractivity contribution >= 4 is 17.6 Å². The zero-order valence-electron chi connectivity index (χ0n) is 10.3. The van der Waals surface area contributed by atoms with Crippen LogP contribution in [0, 0.1) is 12.7 Å². The van der Waals surface area contributed by atoms with Gasteiger partial charge < -0.3 is 4.74 Å². The molecule has 0 aliphatic rings. The third-order valence-electron chi connectivity index (χ3n) is 2.60. The van der Waals surface area contributed by atoms with Crippen LogP contribution >= 0.6 is 11.6 Å². The number of rotatable bonds is 3. The van der Waals surface area contributed by atoms with Crippen molar-refractivity contribution < 1.29 is 13.9 Å². The largest absolute Gasteiger partial charge is 0.457 e. The maximum Gasteiger partial charge on any atom is 0.342 e. The molecule has 0 N–H and O–H groups in total. The first-order valence-corrected chi connectivity index (χ1v) is 6.12. The van der Waals surface area contributed by atoms with E-state index < -0.39 is 11.8 Å². The lowest BCUT2D eigenvalue weighted by molar-refractivity contribution is 0.0467. The summed E-state index contributed by atoms with van der Waals surface area (Å²) in [5.74, 6) is -1.42. The van der Waals surface area contributed by atoms with E-state index in [4.69, 9.17) is 16.3 Å². The van der Waals surface area contributed by atoms with E-state index in [-0.39, 0.29) is 17.2 Å². The molecular formula is C15H12ClFO2. The van der Waals surface area contributed by atoms with E-state index in [0.29, 0.717) is 5.56 Å². The molecule has 0 atom stereocenters. The van der Waals surface area contributed by atoms with Gasteiger partial charge in [0, 0.05) is 0 Å². The van der Waals surface area contributed by atoms with Gasteiger partial charge in [-0.1, -0.05) is 41.9 Å². The summed E-state index contributed by atoms with van der Waals surface area (Å²) in [7, 11) is 0. The van der Waals surface area contributed by atoms with Gasteiger partial charge >= 0.3 is 5.97 Å². The lowest BCUT2D eigenvalue weighted by Crippen LogP contribution is -2.08. The molecule has 0 fully saturated rings. The first kappa shape index (κ1) is 13.6. The number of halogens is 2. The molecule has 0 aromatic heterocycles. The zero-order valence-corrected chi connectivity index (χ0v) is 11.1. The Labute approximate surface area is 115 Å². The van der Waals surface area contributed by atoms with Gasteiger partial charge in [-0.2, -0.15) is 0 Å². The van der Waals surface area contributed by atoms with E-state index >= 15 is 0 Å². The van der Waals surface area contributed by atoms with Crippen LogP contribution in [0.1, 0.15) is 21.5 Å². The molecule has 0 aliphatic carbocycles. The molecule has 0 bridgehead atoms. The van der Waals surface area contributed by atoms with Gasteiger partial charge in [-0.05, 0) is 30.2 Å². The Morgan fingerprint density at radius 2 is 1.95 bits per heavy atom. The number of hydrogen-bond donors (Lipinski definition) is 0. The molecule has 0 saturated carbocycles. The van der Waals surface area contributed by atoms with Crippen LogP contribution in [0.15, 0.2) is 42.5 Å². The summed E-state index contributed by atoms with van der Waals surface area (Å²) in [5, 5.41) is 0.0653. The van der Waals surface area contributed by atoms with Crippen LogP contribution in [0.2, 0.25) is 5.02 Å². The maximum absolute atomic E-state index is 13.7. The SMILES string of the molecule is Cc1cc(F)c(C(=O)OCc2ccccc2)c(Cl)c1. The van der Waals surface area contributed by atoms with Crippen LogP contribution in [0.3, 0.4) is 0 Å². The lowest BCUT2D eigenvalue weighted by Gasteiger charge is -2.08. The summed E-state index contributed by atoms with van der Waals surface area (Å²) < 4.78 is 18.8. The Hall–Kier alpha value is -1.87. The minimum absolute atomic E-state index is 0.0653. The van der Waals surface area contributed by atoms with Gasteiger partial charge in [0.1, 0.15) is 18.0 Å². The van der Waals surface area contributed by atoms with Crippen LogP contribution in [-0.2, 0) is 11.3 Å². The molecule has 0 aliphatic heterocycles. The quantitative estimate of drug-likeness (QED) is 0.789. The molecule has 0 spiro atoms. The Morgan fingerprint density at radius 1 is 1.26 bits per heavy atom. The summed E-state index contributed by atoms with van der Waals surface area (Å²) in [6.07, 6.45) is 0. The van der Waals surface area contributed by atoms with Gasteiger partial charge in [0.25, 0.3) is 0 Å². The molecule has 0 saturated heterocycles. The second-order valence-electron chi connectivity index (χ2n) is 4.17. The molecule has 0 radical (unpaired) electrons. The first-order chi connectivity index (χ1) is 9.08. The number of carbonyl (C=O) groups excluding carboxylic acids is 1. The molecule has 98 valence electrons. The Balaban J connectivity index is 2.13. The van der Waals surface area contributed by atoms with Gasteiger partial charge in [-0.3, -0.25) is 0 Å². The number of carbonyl (C=O) groups is 1. The van der Waals surface area contributed by atoms with Crippen LogP contribution in [0.5, 0.6) is 0 Å². The summed E-state index contributed by atoms with van der Waals surface area (Å²) in [6, 6.07) is 12.0. The normalized spacial score (nSPS) is 10.3. The standard InChI is InChI=1S/C15H12ClFO2/c1-10-7-12(16)14(13(17)8-10)15(18)19-9-11-5-3-2-4-6-11/h2-8H,9H2,1H3. The first-order valence-electron chi connectivity index (χ1n) is 5.74. The molecule has 2 aromatic carbocycles. The fourth-order valence-corrected chi connectivity index (χ4v) is 2.03. The van der Waals surface area contributed by atoms with Crippen molar-refractivity contribution in [3.8, 4) is 0 Å². The van der Waals surface area contributed by atoms with Crippen LogP contribution in [0.25, 0.3) is 0 Å². The van der Waals surface area contributed by atoms with E-state index in [2.05, 4.69) is 0 Å². The van der Waals surface area contributed by atoms with Crippen molar-refractivity contribution in [1.29, 1.82) is 0 Å². The highest BCUT2D eigenvalue weighted by Gasteiger charge is 2.18. The third-order valence-corrected chi connectivity index (χ3v) is 2.90. The number of hydrogen-bond acceptors (Lipinski definition) is 2. The fourth-order valence-electron chi connectivity index (χ4n) is 1.69. The van der Waals surface area contributed by atoms with Crippen molar-refractivity contribution in [2.45, 2.75) is 13.5 Å². The third kappa shape index (κ3) is 3.32. The highest BCUT2D eigenvalue weighted by Crippen LogP contribution is 2.22. The van der Waals surface area contributed by atoms with Crippen LogP contribution < -0.4 is 0 Å². The minimum atomic E-state index is -0.758. The molecule has 0 heterocycles. The number of ether oxygens (including phenoxy) is 1. The van der Waals surface area contributed by atoms with Crippen molar-refractivity contribution in [2.75, 3.05) is 0 Å². The molecule has 2 rings (SSSR count). The molecule has 0 unspecified atom stereocenters. The van der Waals surface area contributed by atoms with Gasteiger partial charge in [0.2, 0.25) is 0 Å². The fraction of sp³-hybridized carbons (Fsp3) is 0.133. The Bertz CT molecular complexity index is 573. The molecule has 2 nitrogen and oxygen atoms in total. The summed E-state index contributed by atoms with van der Waals surface area (Å²) in [6.45, 7) is 1.79. The predicted molar refractivity (Wildman–Crippen MR) is 71.7 cm³/mol. The Kier molecular flexibility index (Phi) is 4.17. The van der Waals surface area contributed by atoms with E-state index in [0.717, 1.165) is 5.56 Å². The zero-order chi connectivity index (χ0) is 13.8. The minimum Gasteiger partial charge on any atom is -0.457 e. The van der Waals surface area contributed by atoms with Crippen molar-refractivity contribution in [2.24, 2.45) is 0 Å². The van der Waals surface area contributed by atoms with Crippen molar-refractivity contribution in [1.82, 2.24) is 0 Å². The highest BCUT2D eigenvalue weighted by atomic mass is 35.5. The summed E-state index contributed by atoms with van der Waals surface area (Å²) in [5.41, 5.74) is 1.27. The van der Waals surface area contributed by atoms with Gasteiger partial charge in [-0.15, -0.1) is 0 Å². The lowest BCUT2D eigenvalue weighted by atomic mass is 10.1. The maximum atomic E-state index is 13.7. The summed E-state index contributed by atoms with van der Waals surface area (Å²) in [4.78, 5) is 11.8. The van der Waals surface area contributed by atoms with E-state index in [1.54, 1.807) is 6.92 Å². The molecule has 0 amide bonds. The van der Waals surface area contributed by atoms with Crippen molar-refractivity contribution in [3.63, 3.8) is 0 Å². The average molecular weight is 279 g/mol. The number of aryl methyl sites for hydroxylation is 1. The van der Waals surface area contributed by atoms with E-state index in [1.165, 1.54) is 12.1 Å². The second-order valence-corrected chi connectivity index (χ2v) is 4.57. The smallest absolute Gasteiger partial charge is 0.342 e. The second kappa shape index (κ2) is 5.85. The average Bonchev–Trinajstić information content (AvgIpc) is 2.36. The molecule has 4 heteroatoms. The van der Waals surface area contributed by atoms with E-state index in [9.17, 15) is 9.18 Å². The van der Waals surface area contributed by atoms with Crippen LogP contribution in [-0.4, -0.2) is 5.97 Å². The number of esters is 1. The summed E-state index contributed by atoms with van der Waals surface area (Å²) >= 11 is 5.87. The molecule has 19 heavy (non-hydrogen) atoms. The van der Waals surface area contributed by atoms with Gasteiger partial charge in [0.05, 0.1) is 5.02 Å². The van der Waals surface area contributed by atoms with Crippen LogP contribution in [0.4, 0.5) is 4.39 Å². The van der Waals surface area contributed by atoms with Crippen molar-refractivity contribution in [3.05, 3.63) is 70.0 Å². The predicted octanol–water partition coefficient (Wildman–Crippen LogP) is 4.14. The topological polar surface area (TPSA) is 26.3 Å². The number of benzene rings is 2. The van der Waals surface area contributed by atoms with Gasteiger partial charge in [-0.25, -0.2) is 9.18 Å². The monoisotopic (exact) mass is 278 g/mol.